The van der Waals surface area contributed by atoms with Gasteiger partial charge >= 0.3 is 18.2 Å². The third-order valence-electron chi connectivity index (χ3n) is 3.64. The van der Waals surface area contributed by atoms with Gasteiger partial charge in [0.25, 0.3) is 0 Å². The van der Waals surface area contributed by atoms with Gasteiger partial charge in [-0.15, -0.1) is 0 Å². The standard InChI is InChI=1S/C20H28N2O7/c1-20(2,3)29-19(27)22-16(17(24)25)9-4-5-10-21-18(26)28-13-15-8-6-7-14(11-15)12-23/h6-8,11-12,16H,4-5,9-10,13H2,1-3H3,(H,21,26)(H,22,27)(H,24,25). The maximum atomic E-state index is 11.7. The number of alkyl carbamates (subject to hydrolysis) is 2. The van der Waals surface area contributed by atoms with Gasteiger partial charge in [-0.3, -0.25) is 4.79 Å². The molecule has 0 aliphatic carbocycles. The zero-order chi connectivity index (χ0) is 21.9. The number of amides is 2. The van der Waals surface area contributed by atoms with E-state index in [-0.39, 0.29) is 13.0 Å². The molecule has 1 rings (SSSR count). The second-order valence-electron chi connectivity index (χ2n) is 7.40. The molecule has 29 heavy (non-hydrogen) atoms. The summed E-state index contributed by atoms with van der Waals surface area (Å²) in [5, 5.41) is 14.1. The van der Waals surface area contributed by atoms with Crippen molar-refractivity contribution in [2.45, 2.75) is 58.3 Å². The predicted molar refractivity (Wildman–Crippen MR) is 105 cm³/mol. The third kappa shape index (κ3) is 10.7. The molecule has 0 radical (unpaired) electrons. The van der Waals surface area contributed by atoms with E-state index in [1.54, 1.807) is 45.0 Å². The van der Waals surface area contributed by atoms with Crippen LogP contribution < -0.4 is 10.6 Å². The zero-order valence-electron chi connectivity index (χ0n) is 16.9. The molecule has 9 heteroatoms. The second-order valence-corrected chi connectivity index (χ2v) is 7.40. The normalized spacial score (nSPS) is 11.8. The highest BCUT2D eigenvalue weighted by Crippen LogP contribution is 2.08. The van der Waals surface area contributed by atoms with Crippen molar-refractivity contribution in [3.63, 3.8) is 0 Å². The molecule has 2 amide bonds. The number of carboxylic acid groups (broad SMARTS) is 1. The number of carboxylic acids is 1. The molecular formula is C20H28N2O7. The van der Waals surface area contributed by atoms with Crippen molar-refractivity contribution in [3.05, 3.63) is 35.4 Å². The number of carbonyl (C=O) groups is 4. The highest BCUT2D eigenvalue weighted by molar-refractivity contribution is 5.80. The largest absolute Gasteiger partial charge is 0.480 e. The molecule has 1 aromatic rings. The summed E-state index contributed by atoms with van der Waals surface area (Å²) < 4.78 is 10.1. The van der Waals surface area contributed by atoms with Crippen molar-refractivity contribution < 1.29 is 33.8 Å². The first-order valence-electron chi connectivity index (χ1n) is 9.28. The molecule has 0 fully saturated rings. The number of hydrogen-bond acceptors (Lipinski definition) is 6. The monoisotopic (exact) mass is 408 g/mol. The fourth-order valence-electron chi connectivity index (χ4n) is 2.33. The molecule has 0 aromatic heterocycles. The van der Waals surface area contributed by atoms with Gasteiger partial charge in [-0.2, -0.15) is 0 Å². The highest BCUT2D eigenvalue weighted by Gasteiger charge is 2.23. The van der Waals surface area contributed by atoms with Gasteiger partial charge in [0.05, 0.1) is 0 Å². The Balaban J connectivity index is 2.26. The Hall–Kier alpha value is -3.10. The van der Waals surface area contributed by atoms with Crippen LogP contribution in [0.1, 0.15) is 56.0 Å². The summed E-state index contributed by atoms with van der Waals surface area (Å²) in [6.07, 6.45) is 0.493. The minimum atomic E-state index is -1.15. The van der Waals surface area contributed by atoms with Crippen LogP contribution >= 0.6 is 0 Å². The van der Waals surface area contributed by atoms with Crippen molar-refractivity contribution in [3.8, 4) is 0 Å². The number of nitrogens with one attached hydrogen (secondary N) is 2. The maximum Gasteiger partial charge on any atom is 0.408 e. The second kappa shape index (κ2) is 11.7. The fraction of sp³-hybridized carbons (Fsp3) is 0.500. The molecule has 1 aromatic carbocycles. The summed E-state index contributed by atoms with van der Waals surface area (Å²) in [6.45, 7) is 5.39. The Morgan fingerprint density at radius 2 is 1.90 bits per heavy atom. The average Bonchev–Trinajstić information content (AvgIpc) is 2.63. The van der Waals surface area contributed by atoms with E-state index in [0.29, 0.717) is 36.8 Å². The van der Waals surface area contributed by atoms with Crippen LogP contribution in [-0.4, -0.2) is 47.7 Å². The quantitative estimate of drug-likeness (QED) is 0.401. The Bertz CT molecular complexity index is 713. The molecule has 0 aliphatic heterocycles. The summed E-state index contributed by atoms with van der Waals surface area (Å²) in [6, 6.07) is 5.65. The smallest absolute Gasteiger partial charge is 0.408 e. The van der Waals surface area contributed by atoms with Crippen LogP contribution in [0.5, 0.6) is 0 Å². The molecule has 0 saturated carbocycles. The van der Waals surface area contributed by atoms with Crippen LogP contribution in [0.25, 0.3) is 0 Å². The van der Waals surface area contributed by atoms with Gasteiger partial charge < -0.3 is 25.2 Å². The Labute approximate surface area is 169 Å². The number of carbonyl (C=O) groups excluding carboxylic acids is 3. The number of rotatable bonds is 10. The Kier molecular flexibility index (Phi) is 9.64. The predicted octanol–water partition coefficient (Wildman–Crippen LogP) is 2.87. The molecule has 3 N–H and O–H groups in total. The van der Waals surface area contributed by atoms with Crippen LogP contribution in [-0.2, 0) is 20.9 Å². The molecule has 1 atom stereocenters. The van der Waals surface area contributed by atoms with Crippen LogP contribution in [0.4, 0.5) is 9.59 Å². The lowest BCUT2D eigenvalue weighted by molar-refractivity contribution is -0.139. The van der Waals surface area contributed by atoms with E-state index < -0.39 is 29.8 Å². The molecular weight excluding hydrogens is 380 g/mol. The van der Waals surface area contributed by atoms with Crippen molar-refractivity contribution in [1.82, 2.24) is 10.6 Å². The van der Waals surface area contributed by atoms with Gasteiger partial charge in [-0.05, 0) is 51.7 Å². The van der Waals surface area contributed by atoms with Crippen molar-refractivity contribution >= 4 is 24.4 Å². The van der Waals surface area contributed by atoms with E-state index in [2.05, 4.69) is 10.6 Å². The van der Waals surface area contributed by atoms with E-state index in [1.165, 1.54) is 0 Å². The average molecular weight is 408 g/mol. The lowest BCUT2D eigenvalue weighted by Gasteiger charge is -2.22. The first kappa shape index (κ1) is 23.9. The molecule has 0 saturated heterocycles. The SMILES string of the molecule is CC(C)(C)OC(=O)NC(CCCCNC(=O)OCc1cccc(C=O)c1)C(=O)O. The summed E-state index contributed by atoms with van der Waals surface area (Å²) in [4.78, 5) is 45.4. The number of benzene rings is 1. The highest BCUT2D eigenvalue weighted by atomic mass is 16.6. The first-order chi connectivity index (χ1) is 13.6. The number of hydrogen-bond donors (Lipinski definition) is 3. The van der Waals surface area contributed by atoms with Gasteiger partial charge in [0.2, 0.25) is 0 Å². The van der Waals surface area contributed by atoms with Crippen LogP contribution in [0, 0.1) is 0 Å². The van der Waals surface area contributed by atoms with Gasteiger partial charge in [0.1, 0.15) is 24.5 Å². The Morgan fingerprint density at radius 1 is 1.17 bits per heavy atom. The summed E-state index contributed by atoms with van der Waals surface area (Å²) in [7, 11) is 0. The van der Waals surface area contributed by atoms with E-state index in [0.717, 1.165) is 0 Å². The minimum absolute atomic E-state index is 0.0361. The van der Waals surface area contributed by atoms with E-state index in [9.17, 15) is 24.3 Å². The molecule has 1 unspecified atom stereocenters. The molecule has 0 heterocycles. The first-order valence-corrected chi connectivity index (χ1v) is 9.28. The number of aliphatic carboxylic acids is 1. The van der Waals surface area contributed by atoms with Crippen LogP contribution in [0.15, 0.2) is 24.3 Å². The van der Waals surface area contributed by atoms with E-state index >= 15 is 0 Å². The van der Waals surface area contributed by atoms with Gasteiger partial charge in [-0.1, -0.05) is 18.2 Å². The summed E-state index contributed by atoms with van der Waals surface area (Å²) >= 11 is 0. The zero-order valence-corrected chi connectivity index (χ0v) is 16.9. The molecule has 0 bridgehead atoms. The van der Waals surface area contributed by atoms with Crippen molar-refractivity contribution in [2.75, 3.05) is 6.54 Å². The van der Waals surface area contributed by atoms with E-state index in [4.69, 9.17) is 9.47 Å². The lowest BCUT2D eigenvalue weighted by atomic mass is 10.1. The van der Waals surface area contributed by atoms with Crippen LogP contribution in [0.2, 0.25) is 0 Å². The minimum Gasteiger partial charge on any atom is -0.480 e. The summed E-state index contributed by atoms with van der Waals surface area (Å²) in [5.41, 5.74) is 0.480. The van der Waals surface area contributed by atoms with Gasteiger partial charge in [0.15, 0.2) is 0 Å². The van der Waals surface area contributed by atoms with Crippen molar-refractivity contribution in [1.29, 1.82) is 0 Å². The Morgan fingerprint density at radius 3 is 2.52 bits per heavy atom. The van der Waals surface area contributed by atoms with Crippen molar-refractivity contribution in [2.24, 2.45) is 0 Å². The third-order valence-corrected chi connectivity index (χ3v) is 3.64. The van der Waals surface area contributed by atoms with Gasteiger partial charge in [-0.25, -0.2) is 14.4 Å². The van der Waals surface area contributed by atoms with E-state index in [1.807, 2.05) is 0 Å². The summed E-state index contributed by atoms with van der Waals surface area (Å²) in [5.74, 6) is -1.15. The maximum absolute atomic E-state index is 11.7. The molecule has 9 nitrogen and oxygen atoms in total. The molecule has 0 spiro atoms. The number of unbranched alkanes of at least 4 members (excludes halogenated alkanes) is 1. The topological polar surface area (TPSA) is 131 Å². The fourth-order valence-corrected chi connectivity index (χ4v) is 2.33. The molecule has 160 valence electrons. The number of ether oxygens (including phenoxy) is 2. The number of aldehydes is 1. The molecule has 0 aliphatic rings. The van der Waals surface area contributed by atoms with Gasteiger partial charge in [0, 0.05) is 12.1 Å². The lowest BCUT2D eigenvalue weighted by Crippen LogP contribution is -2.43. The van der Waals surface area contributed by atoms with Crippen LogP contribution in [0.3, 0.4) is 0 Å².